The van der Waals surface area contributed by atoms with Crippen LogP contribution >= 0.6 is 11.6 Å². The summed E-state index contributed by atoms with van der Waals surface area (Å²) in [7, 11) is 0. The average molecular weight is 346 g/mol. The zero-order valence-corrected chi connectivity index (χ0v) is 14.2. The maximum absolute atomic E-state index is 12.3. The number of hydrogen-bond donors (Lipinski definition) is 1. The number of hydrogen-bond acceptors (Lipinski definition) is 5. The van der Waals surface area contributed by atoms with Gasteiger partial charge in [0.15, 0.2) is 5.69 Å². The summed E-state index contributed by atoms with van der Waals surface area (Å²) in [6.07, 6.45) is 0. The summed E-state index contributed by atoms with van der Waals surface area (Å²) in [4.78, 5) is 12.3. The lowest BCUT2D eigenvalue weighted by Gasteiger charge is -2.06. The summed E-state index contributed by atoms with van der Waals surface area (Å²) in [5, 5.41) is 15.1. The number of anilines is 1. The third-order valence-electron chi connectivity index (χ3n) is 3.36. The van der Waals surface area contributed by atoms with Crippen LogP contribution in [-0.2, 0) is 0 Å². The molecule has 0 bridgehead atoms. The van der Waals surface area contributed by atoms with E-state index in [2.05, 4.69) is 20.6 Å². The first-order chi connectivity index (χ1) is 11.4. The van der Waals surface area contributed by atoms with Crippen molar-refractivity contribution < 1.29 is 9.21 Å². The first kappa shape index (κ1) is 16.2. The predicted octanol–water partition coefficient (Wildman–Crippen LogP) is 3.73. The van der Waals surface area contributed by atoms with E-state index >= 15 is 0 Å². The van der Waals surface area contributed by atoms with Gasteiger partial charge in [-0.1, -0.05) is 22.8 Å². The number of nitrogens with zero attached hydrogens (tertiary/aromatic N) is 4. The number of amides is 1. The largest absolute Gasteiger partial charge is 0.403 e. The van der Waals surface area contributed by atoms with Crippen molar-refractivity contribution in [3.8, 4) is 11.5 Å². The molecule has 0 aliphatic heterocycles. The van der Waals surface area contributed by atoms with E-state index in [-0.39, 0.29) is 17.9 Å². The Morgan fingerprint density at radius 2 is 2.08 bits per heavy atom. The molecule has 0 aliphatic rings. The molecule has 3 aromatic rings. The van der Waals surface area contributed by atoms with E-state index in [0.29, 0.717) is 16.3 Å². The van der Waals surface area contributed by atoms with Crippen molar-refractivity contribution in [2.45, 2.75) is 26.8 Å². The molecule has 0 saturated carbocycles. The van der Waals surface area contributed by atoms with Crippen LogP contribution in [0.1, 0.15) is 36.1 Å². The van der Waals surface area contributed by atoms with Gasteiger partial charge in [0.05, 0.1) is 0 Å². The topological polar surface area (TPSA) is 85.8 Å². The molecule has 1 amide bonds. The molecule has 0 aliphatic carbocycles. The summed E-state index contributed by atoms with van der Waals surface area (Å²) in [5.74, 6) is -0.129. The molecule has 0 fully saturated rings. The second kappa shape index (κ2) is 6.45. The molecule has 2 aromatic heterocycles. The lowest BCUT2D eigenvalue weighted by atomic mass is 10.2. The van der Waals surface area contributed by atoms with Crippen LogP contribution in [0.25, 0.3) is 11.5 Å². The Hall–Kier alpha value is -2.67. The molecule has 124 valence electrons. The van der Waals surface area contributed by atoms with Crippen molar-refractivity contribution in [3.05, 3.63) is 46.7 Å². The van der Waals surface area contributed by atoms with Gasteiger partial charge in [-0.05, 0) is 45.0 Å². The van der Waals surface area contributed by atoms with Crippen molar-refractivity contribution in [1.82, 2.24) is 20.0 Å². The molecule has 7 nitrogen and oxygen atoms in total. The molecular formula is C16H16ClN5O2. The molecule has 0 saturated heterocycles. The smallest absolute Gasteiger partial charge is 0.322 e. The lowest BCUT2D eigenvalue weighted by Crippen LogP contribution is -2.14. The van der Waals surface area contributed by atoms with Gasteiger partial charge in [0, 0.05) is 22.3 Å². The number of benzene rings is 1. The van der Waals surface area contributed by atoms with Crippen molar-refractivity contribution in [2.24, 2.45) is 0 Å². The number of nitrogens with one attached hydrogen (secondary N) is 1. The second-order valence-corrected chi connectivity index (χ2v) is 6.02. The van der Waals surface area contributed by atoms with E-state index in [0.717, 1.165) is 5.69 Å². The highest BCUT2D eigenvalue weighted by atomic mass is 35.5. The van der Waals surface area contributed by atoms with E-state index < -0.39 is 5.91 Å². The number of carbonyl (C=O) groups excluding carboxylic acids is 1. The van der Waals surface area contributed by atoms with Gasteiger partial charge in [-0.2, -0.15) is 5.10 Å². The molecule has 0 atom stereocenters. The first-order valence-corrected chi connectivity index (χ1v) is 7.79. The van der Waals surface area contributed by atoms with Gasteiger partial charge in [0.25, 0.3) is 5.91 Å². The minimum atomic E-state index is -0.404. The minimum Gasteiger partial charge on any atom is -0.403 e. The fraction of sp³-hybridized carbons (Fsp3) is 0.250. The fourth-order valence-corrected chi connectivity index (χ4v) is 2.48. The highest BCUT2D eigenvalue weighted by Gasteiger charge is 2.17. The molecule has 24 heavy (non-hydrogen) atoms. The highest BCUT2D eigenvalue weighted by Crippen LogP contribution is 2.23. The molecule has 2 heterocycles. The third-order valence-corrected chi connectivity index (χ3v) is 3.60. The average Bonchev–Trinajstić information content (AvgIpc) is 3.14. The van der Waals surface area contributed by atoms with Crippen LogP contribution in [0, 0.1) is 6.92 Å². The van der Waals surface area contributed by atoms with Gasteiger partial charge in [-0.3, -0.25) is 14.8 Å². The van der Waals surface area contributed by atoms with Gasteiger partial charge in [-0.15, -0.1) is 5.10 Å². The summed E-state index contributed by atoms with van der Waals surface area (Å²) in [6, 6.07) is 8.91. The lowest BCUT2D eigenvalue weighted by molar-refractivity contribution is 0.101. The van der Waals surface area contributed by atoms with Gasteiger partial charge in [0.1, 0.15) is 0 Å². The summed E-state index contributed by atoms with van der Waals surface area (Å²) in [5.41, 5.74) is 1.87. The predicted molar refractivity (Wildman–Crippen MR) is 90.0 cm³/mol. The Bertz CT molecular complexity index is 884. The van der Waals surface area contributed by atoms with Crippen molar-refractivity contribution in [3.63, 3.8) is 0 Å². The summed E-state index contributed by atoms with van der Waals surface area (Å²) >= 11 is 5.94. The van der Waals surface area contributed by atoms with Crippen LogP contribution in [0.3, 0.4) is 0 Å². The number of rotatable bonds is 4. The minimum absolute atomic E-state index is 0.00623. The van der Waals surface area contributed by atoms with Crippen LogP contribution in [0.4, 0.5) is 6.01 Å². The summed E-state index contributed by atoms with van der Waals surface area (Å²) in [6.45, 7) is 5.89. The number of aromatic nitrogens is 4. The first-order valence-electron chi connectivity index (χ1n) is 7.41. The number of aryl methyl sites for hydroxylation is 1. The Kier molecular flexibility index (Phi) is 4.35. The van der Waals surface area contributed by atoms with E-state index in [1.807, 2.05) is 20.8 Å². The SMILES string of the molecule is Cc1cc(C(=O)Nc2nnc(-c3cccc(Cl)c3)o2)nn1C(C)C. The van der Waals surface area contributed by atoms with Crippen LogP contribution < -0.4 is 5.32 Å². The van der Waals surface area contributed by atoms with E-state index in [9.17, 15) is 4.79 Å². The van der Waals surface area contributed by atoms with Gasteiger partial charge in [0.2, 0.25) is 5.89 Å². The van der Waals surface area contributed by atoms with E-state index in [1.165, 1.54) is 0 Å². The quantitative estimate of drug-likeness (QED) is 0.778. The molecule has 1 N–H and O–H groups in total. The fourth-order valence-electron chi connectivity index (χ4n) is 2.29. The zero-order valence-electron chi connectivity index (χ0n) is 13.4. The van der Waals surface area contributed by atoms with Crippen LogP contribution in [0.15, 0.2) is 34.7 Å². The molecular weight excluding hydrogens is 330 g/mol. The third kappa shape index (κ3) is 3.30. The Morgan fingerprint density at radius 3 is 2.75 bits per heavy atom. The number of halogens is 1. The Balaban J connectivity index is 1.77. The monoisotopic (exact) mass is 345 g/mol. The van der Waals surface area contributed by atoms with Gasteiger partial charge < -0.3 is 4.42 Å². The molecule has 8 heteroatoms. The van der Waals surface area contributed by atoms with Gasteiger partial charge in [-0.25, -0.2) is 0 Å². The molecule has 3 rings (SSSR count). The van der Waals surface area contributed by atoms with Crippen molar-refractivity contribution in [1.29, 1.82) is 0 Å². The second-order valence-electron chi connectivity index (χ2n) is 5.59. The normalized spacial score (nSPS) is 11.0. The molecule has 0 unspecified atom stereocenters. The molecule has 0 radical (unpaired) electrons. The van der Waals surface area contributed by atoms with Crippen LogP contribution in [0.2, 0.25) is 5.02 Å². The Morgan fingerprint density at radius 1 is 1.29 bits per heavy atom. The van der Waals surface area contributed by atoms with E-state index in [1.54, 1.807) is 35.0 Å². The van der Waals surface area contributed by atoms with Crippen LogP contribution in [0.5, 0.6) is 0 Å². The summed E-state index contributed by atoms with van der Waals surface area (Å²) < 4.78 is 7.23. The van der Waals surface area contributed by atoms with Crippen molar-refractivity contribution >= 4 is 23.5 Å². The van der Waals surface area contributed by atoms with Crippen molar-refractivity contribution in [2.75, 3.05) is 5.32 Å². The Labute approximate surface area is 143 Å². The molecule has 0 spiro atoms. The maximum Gasteiger partial charge on any atom is 0.322 e. The van der Waals surface area contributed by atoms with Crippen LogP contribution in [-0.4, -0.2) is 25.9 Å². The highest BCUT2D eigenvalue weighted by molar-refractivity contribution is 6.30. The van der Waals surface area contributed by atoms with Gasteiger partial charge >= 0.3 is 6.01 Å². The maximum atomic E-state index is 12.3. The standard InChI is InChI=1S/C16H16ClN5O2/c1-9(2)22-10(3)7-13(21-22)14(23)18-16-20-19-15(24-16)11-5-4-6-12(17)8-11/h4-9H,1-3H3,(H,18,20,23). The molecule has 1 aromatic carbocycles. The zero-order chi connectivity index (χ0) is 17.3. The van der Waals surface area contributed by atoms with E-state index in [4.69, 9.17) is 16.0 Å². The number of carbonyl (C=O) groups is 1.